The fourth-order valence-electron chi connectivity index (χ4n) is 1.01. The zero-order valence-corrected chi connectivity index (χ0v) is 6.64. The van der Waals surface area contributed by atoms with Crippen LogP contribution in [0, 0.1) is 0 Å². The molecule has 1 saturated heterocycles. The Labute approximate surface area is 74.3 Å². The van der Waals surface area contributed by atoms with E-state index in [-0.39, 0.29) is 6.54 Å². The standard InChI is InChI=1S/C6H6F7N/c7-4(8,3-1-2-14-3)5(9,10)6(11,12)13/h3,14H,1-2H2/t3-/m1/s1. The molecule has 1 rings (SSSR count). The molecule has 0 saturated carbocycles. The van der Waals surface area contributed by atoms with E-state index in [0.717, 1.165) is 0 Å². The minimum Gasteiger partial charge on any atom is -0.308 e. The third-order valence-corrected chi connectivity index (χ3v) is 2.04. The quantitative estimate of drug-likeness (QED) is 0.710. The summed E-state index contributed by atoms with van der Waals surface area (Å²) in [6, 6.07) is -2.10. The Kier molecular flexibility index (Phi) is 2.46. The van der Waals surface area contributed by atoms with Crippen LogP contribution in [0.3, 0.4) is 0 Å². The van der Waals surface area contributed by atoms with Gasteiger partial charge < -0.3 is 5.32 Å². The first kappa shape index (κ1) is 11.5. The lowest BCUT2D eigenvalue weighted by Gasteiger charge is -2.39. The smallest absolute Gasteiger partial charge is 0.308 e. The minimum atomic E-state index is -6.23. The van der Waals surface area contributed by atoms with Crippen LogP contribution in [-0.2, 0) is 0 Å². The number of hydrogen-bond donors (Lipinski definition) is 1. The summed E-state index contributed by atoms with van der Waals surface area (Å²) in [5.41, 5.74) is 0. The lowest BCUT2D eigenvalue weighted by atomic mass is 9.94. The monoisotopic (exact) mass is 225 g/mol. The minimum absolute atomic E-state index is 0.0220. The molecular formula is C6H6F7N. The van der Waals surface area contributed by atoms with E-state index in [1.54, 1.807) is 0 Å². The summed E-state index contributed by atoms with van der Waals surface area (Å²) in [6.45, 7) is 0.0220. The molecule has 0 aromatic carbocycles. The van der Waals surface area contributed by atoms with Crippen molar-refractivity contribution in [2.45, 2.75) is 30.5 Å². The number of halogens is 7. The molecule has 0 radical (unpaired) electrons. The normalized spacial score (nSPS) is 24.6. The molecule has 1 aliphatic rings. The second kappa shape index (κ2) is 2.98. The molecule has 1 heterocycles. The summed E-state index contributed by atoms with van der Waals surface area (Å²) in [4.78, 5) is 0. The molecule has 0 aromatic heterocycles. The maximum Gasteiger partial charge on any atom is 0.459 e. The summed E-state index contributed by atoms with van der Waals surface area (Å²) >= 11 is 0. The van der Waals surface area contributed by atoms with Crippen LogP contribution in [0.4, 0.5) is 30.7 Å². The van der Waals surface area contributed by atoms with Crippen LogP contribution in [0.15, 0.2) is 0 Å². The van der Waals surface area contributed by atoms with Crippen LogP contribution >= 0.6 is 0 Å². The maximum absolute atomic E-state index is 12.6. The van der Waals surface area contributed by atoms with Gasteiger partial charge in [-0.1, -0.05) is 0 Å². The number of rotatable bonds is 2. The first-order chi connectivity index (χ1) is 6.11. The Bertz CT molecular complexity index is 217. The van der Waals surface area contributed by atoms with Gasteiger partial charge in [-0.05, 0) is 13.0 Å². The number of hydrogen-bond acceptors (Lipinski definition) is 1. The van der Waals surface area contributed by atoms with Crippen molar-refractivity contribution in [3.63, 3.8) is 0 Å². The Morgan fingerprint density at radius 3 is 1.57 bits per heavy atom. The summed E-state index contributed by atoms with van der Waals surface area (Å²) in [5.74, 6) is -11.1. The molecule has 0 spiro atoms. The largest absolute Gasteiger partial charge is 0.459 e. The lowest BCUT2D eigenvalue weighted by molar-refractivity contribution is -0.363. The fourth-order valence-corrected chi connectivity index (χ4v) is 1.01. The predicted molar refractivity (Wildman–Crippen MR) is 32.4 cm³/mol. The van der Waals surface area contributed by atoms with Crippen molar-refractivity contribution in [3.05, 3.63) is 0 Å². The lowest BCUT2D eigenvalue weighted by Crippen LogP contribution is -2.65. The highest BCUT2D eigenvalue weighted by Gasteiger charge is 2.75. The second-order valence-electron chi connectivity index (χ2n) is 2.99. The van der Waals surface area contributed by atoms with Gasteiger partial charge in [-0.25, -0.2) is 0 Å². The zero-order valence-electron chi connectivity index (χ0n) is 6.64. The first-order valence-electron chi connectivity index (χ1n) is 3.66. The second-order valence-corrected chi connectivity index (χ2v) is 2.99. The van der Waals surface area contributed by atoms with Gasteiger partial charge in [0.25, 0.3) is 0 Å². The Balaban J connectivity index is 2.89. The first-order valence-corrected chi connectivity index (χ1v) is 3.66. The van der Waals surface area contributed by atoms with E-state index in [9.17, 15) is 30.7 Å². The highest BCUT2D eigenvalue weighted by molar-refractivity contribution is 5.02. The molecule has 8 heteroatoms. The van der Waals surface area contributed by atoms with Gasteiger partial charge in [-0.3, -0.25) is 0 Å². The number of alkyl halides is 7. The Morgan fingerprint density at radius 1 is 0.929 bits per heavy atom. The van der Waals surface area contributed by atoms with Crippen LogP contribution in [0.25, 0.3) is 0 Å². The molecule has 1 N–H and O–H groups in total. The molecule has 0 bridgehead atoms. The van der Waals surface area contributed by atoms with Gasteiger partial charge in [-0.2, -0.15) is 30.7 Å². The molecule has 1 nitrogen and oxygen atoms in total. The van der Waals surface area contributed by atoms with Crippen molar-refractivity contribution >= 4 is 0 Å². The van der Waals surface area contributed by atoms with E-state index in [1.807, 2.05) is 5.32 Å². The van der Waals surface area contributed by atoms with Gasteiger partial charge in [0.2, 0.25) is 0 Å². The summed E-state index contributed by atoms with van der Waals surface area (Å²) in [5, 5.41) is 1.83. The molecule has 1 fully saturated rings. The average Bonchev–Trinajstić information content (AvgIpc) is 1.78. The SMILES string of the molecule is FC(F)(F)C(F)(F)C(F)(F)[C@H]1CCN1. The van der Waals surface area contributed by atoms with E-state index in [0.29, 0.717) is 0 Å². The molecule has 0 unspecified atom stereocenters. The molecule has 1 atom stereocenters. The van der Waals surface area contributed by atoms with Crippen molar-refractivity contribution in [1.29, 1.82) is 0 Å². The fraction of sp³-hybridized carbons (Fsp3) is 1.00. The van der Waals surface area contributed by atoms with Crippen molar-refractivity contribution in [1.82, 2.24) is 5.32 Å². The van der Waals surface area contributed by atoms with Crippen molar-refractivity contribution in [2.75, 3.05) is 6.54 Å². The molecule has 0 amide bonds. The van der Waals surface area contributed by atoms with Crippen LogP contribution in [0.5, 0.6) is 0 Å². The van der Waals surface area contributed by atoms with Crippen LogP contribution < -0.4 is 5.32 Å². The molecule has 14 heavy (non-hydrogen) atoms. The summed E-state index contributed by atoms with van der Waals surface area (Å²) in [6.07, 6.45) is -6.62. The average molecular weight is 225 g/mol. The van der Waals surface area contributed by atoms with Gasteiger partial charge >= 0.3 is 18.0 Å². The molecular weight excluding hydrogens is 219 g/mol. The van der Waals surface area contributed by atoms with E-state index >= 15 is 0 Å². The van der Waals surface area contributed by atoms with E-state index in [1.165, 1.54) is 0 Å². The Hall–Kier alpha value is -0.530. The molecule has 84 valence electrons. The van der Waals surface area contributed by atoms with Crippen LogP contribution in [0.2, 0.25) is 0 Å². The third kappa shape index (κ3) is 1.45. The Morgan fingerprint density at radius 2 is 1.36 bits per heavy atom. The van der Waals surface area contributed by atoms with E-state index in [4.69, 9.17) is 0 Å². The number of nitrogens with one attached hydrogen (secondary N) is 1. The van der Waals surface area contributed by atoms with Crippen molar-refractivity contribution in [3.8, 4) is 0 Å². The summed E-state index contributed by atoms with van der Waals surface area (Å²) < 4.78 is 84.5. The van der Waals surface area contributed by atoms with Gasteiger partial charge in [0.05, 0.1) is 6.04 Å². The van der Waals surface area contributed by atoms with Gasteiger partial charge in [0.15, 0.2) is 0 Å². The predicted octanol–water partition coefficient (Wildman–Crippen LogP) is 2.18. The highest BCUT2D eigenvalue weighted by atomic mass is 19.4. The zero-order chi connectivity index (χ0) is 11.2. The van der Waals surface area contributed by atoms with E-state index < -0.39 is 30.5 Å². The molecule has 0 aromatic rings. The summed E-state index contributed by atoms with van der Waals surface area (Å²) in [7, 11) is 0. The van der Waals surface area contributed by atoms with E-state index in [2.05, 4.69) is 0 Å². The van der Waals surface area contributed by atoms with Crippen molar-refractivity contribution in [2.24, 2.45) is 0 Å². The van der Waals surface area contributed by atoms with Gasteiger partial charge in [0.1, 0.15) is 0 Å². The van der Waals surface area contributed by atoms with Crippen LogP contribution in [0.1, 0.15) is 6.42 Å². The molecule has 0 aliphatic carbocycles. The van der Waals surface area contributed by atoms with Crippen molar-refractivity contribution < 1.29 is 30.7 Å². The third-order valence-electron chi connectivity index (χ3n) is 2.04. The highest BCUT2D eigenvalue weighted by Crippen LogP contribution is 2.49. The molecule has 1 aliphatic heterocycles. The van der Waals surface area contributed by atoms with Gasteiger partial charge in [-0.15, -0.1) is 0 Å². The topological polar surface area (TPSA) is 12.0 Å². The van der Waals surface area contributed by atoms with Crippen LogP contribution in [-0.4, -0.2) is 30.6 Å². The maximum atomic E-state index is 12.6. The van der Waals surface area contributed by atoms with Gasteiger partial charge in [0, 0.05) is 0 Å².